The lowest BCUT2D eigenvalue weighted by Crippen LogP contribution is -2.32. The van der Waals surface area contributed by atoms with Crippen LogP contribution in [0.2, 0.25) is 0 Å². The summed E-state index contributed by atoms with van der Waals surface area (Å²) in [6, 6.07) is 5.58. The number of pyridine rings is 2. The Kier molecular flexibility index (Phi) is 4.01. The van der Waals surface area contributed by atoms with E-state index < -0.39 is 6.10 Å². The number of fused-ring (bicyclic) bond motifs is 1. The normalized spacial score (nSPS) is 22.8. The van der Waals surface area contributed by atoms with E-state index in [0.717, 1.165) is 36.1 Å². The van der Waals surface area contributed by atoms with Crippen LogP contribution in [0.3, 0.4) is 0 Å². The van der Waals surface area contributed by atoms with Crippen LogP contribution in [0, 0.1) is 0 Å². The summed E-state index contributed by atoms with van der Waals surface area (Å²) >= 11 is 0. The maximum atomic E-state index is 9.70. The predicted molar refractivity (Wildman–Crippen MR) is 80.2 cm³/mol. The average molecular weight is 288 g/mol. The minimum atomic E-state index is -0.419. The molecule has 1 aliphatic rings. The molecule has 2 atom stereocenters. The van der Waals surface area contributed by atoms with Gasteiger partial charge in [0.25, 0.3) is 0 Å². The molecule has 3 heterocycles. The molecule has 0 saturated carbocycles. The Balaban J connectivity index is 1.77. The van der Waals surface area contributed by atoms with E-state index in [0.29, 0.717) is 12.4 Å². The third-order valence-corrected chi connectivity index (χ3v) is 3.96. The van der Waals surface area contributed by atoms with Crippen molar-refractivity contribution in [1.29, 1.82) is 0 Å². The second kappa shape index (κ2) is 5.93. The lowest BCUT2D eigenvalue weighted by molar-refractivity contribution is 0.165. The summed E-state index contributed by atoms with van der Waals surface area (Å²) in [5.74, 6) is 0.593. The van der Waals surface area contributed by atoms with E-state index in [2.05, 4.69) is 14.9 Å². The second-order valence-corrected chi connectivity index (χ2v) is 5.43. The van der Waals surface area contributed by atoms with Crippen LogP contribution in [0.25, 0.3) is 11.0 Å². The topological polar surface area (TPSA) is 84.5 Å². The van der Waals surface area contributed by atoms with E-state index in [1.807, 2.05) is 18.2 Å². The van der Waals surface area contributed by atoms with Crippen molar-refractivity contribution in [3.8, 4) is 5.88 Å². The van der Waals surface area contributed by atoms with Gasteiger partial charge in [-0.15, -0.1) is 0 Å². The van der Waals surface area contributed by atoms with Gasteiger partial charge in [-0.05, 0) is 24.1 Å². The number of methoxy groups -OCH3 is 1. The van der Waals surface area contributed by atoms with Crippen molar-refractivity contribution >= 4 is 11.0 Å². The molecule has 21 heavy (non-hydrogen) atoms. The summed E-state index contributed by atoms with van der Waals surface area (Å²) in [6.07, 6.45) is 2.23. The molecule has 3 rings (SSSR count). The summed E-state index contributed by atoms with van der Waals surface area (Å²) < 4.78 is 5.18. The first-order valence-electron chi connectivity index (χ1n) is 7.12. The minimum Gasteiger partial charge on any atom is -0.481 e. The van der Waals surface area contributed by atoms with Crippen molar-refractivity contribution in [1.82, 2.24) is 14.9 Å². The molecule has 1 aliphatic heterocycles. The number of rotatable bonds is 4. The predicted octanol–water partition coefficient (Wildman–Crippen LogP) is 0.185. The minimum absolute atomic E-state index is 0.141. The van der Waals surface area contributed by atoms with Crippen molar-refractivity contribution in [2.24, 2.45) is 5.73 Å². The van der Waals surface area contributed by atoms with Crippen LogP contribution in [0.4, 0.5) is 0 Å². The molecule has 112 valence electrons. The van der Waals surface area contributed by atoms with Crippen LogP contribution >= 0.6 is 0 Å². The van der Waals surface area contributed by atoms with Gasteiger partial charge in [0, 0.05) is 37.9 Å². The first kappa shape index (κ1) is 14.2. The van der Waals surface area contributed by atoms with Crippen molar-refractivity contribution in [3.05, 3.63) is 30.0 Å². The van der Waals surface area contributed by atoms with Gasteiger partial charge in [0.1, 0.15) is 0 Å². The van der Waals surface area contributed by atoms with Gasteiger partial charge >= 0.3 is 0 Å². The second-order valence-electron chi connectivity index (χ2n) is 5.43. The molecule has 0 amide bonds. The van der Waals surface area contributed by atoms with Crippen LogP contribution in [-0.2, 0) is 6.42 Å². The van der Waals surface area contributed by atoms with Gasteiger partial charge in [-0.3, -0.25) is 9.88 Å². The number of nitrogens with zero attached hydrogens (tertiary/aromatic N) is 3. The van der Waals surface area contributed by atoms with Crippen LogP contribution in [0.15, 0.2) is 24.4 Å². The molecule has 6 nitrogen and oxygen atoms in total. The summed E-state index contributed by atoms with van der Waals surface area (Å²) in [4.78, 5) is 11.0. The zero-order chi connectivity index (χ0) is 14.8. The summed E-state index contributed by atoms with van der Waals surface area (Å²) in [5, 5.41) is 9.70. The molecule has 3 N–H and O–H groups in total. The highest BCUT2D eigenvalue weighted by atomic mass is 16.5. The fourth-order valence-electron chi connectivity index (χ4n) is 2.73. The van der Waals surface area contributed by atoms with Crippen LogP contribution in [0.1, 0.15) is 5.56 Å². The maximum Gasteiger partial charge on any atom is 0.213 e. The molecule has 6 heteroatoms. The Morgan fingerprint density at radius 3 is 2.95 bits per heavy atom. The fourth-order valence-corrected chi connectivity index (χ4v) is 2.73. The maximum absolute atomic E-state index is 9.70. The van der Waals surface area contributed by atoms with E-state index in [-0.39, 0.29) is 6.04 Å². The highest BCUT2D eigenvalue weighted by Crippen LogP contribution is 2.19. The molecule has 2 aromatic heterocycles. The van der Waals surface area contributed by atoms with Gasteiger partial charge in [-0.25, -0.2) is 4.98 Å². The SMILES string of the molecule is COc1ccc2nccc(CCN3CC(N)[C@H](O)C3)c2n1. The molecule has 1 fully saturated rings. The van der Waals surface area contributed by atoms with E-state index in [1.165, 1.54) is 0 Å². The number of ether oxygens (including phenoxy) is 1. The number of aliphatic hydroxyl groups excluding tert-OH is 1. The standard InChI is InChI=1S/C15H20N4O2/c1-21-14-3-2-12-15(18-14)10(4-6-17-12)5-7-19-8-11(16)13(20)9-19/h2-4,6,11,13,20H,5,7-9,16H2,1H3/t11?,13-/m1/s1. The van der Waals surface area contributed by atoms with Crippen molar-refractivity contribution in [3.63, 3.8) is 0 Å². The highest BCUT2D eigenvalue weighted by Gasteiger charge is 2.27. The Labute approximate surface area is 123 Å². The van der Waals surface area contributed by atoms with Gasteiger partial charge in [0.05, 0.1) is 24.2 Å². The quantitative estimate of drug-likeness (QED) is 0.835. The van der Waals surface area contributed by atoms with Gasteiger partial charge in [0.15, 0.2) is 0 Å². The molecule has 1 unspecified atom stereocenters. The molecule has 0 bridgehead atoms. The molecule has 2 aromatic rings. The Morgan fingerprint density at radius 2 is 2.24 bits per heavy atom. The van der Waals surface area contributed by atoms with Gasteiger partial charge in [0.2, 0.25) is 5.88 Å². The number of hydrogen-bond donors (Lipinski definition) is 2. The lowest BCUT2D eigenvalue weighted by Gasteiger charge is -2.15. The van der Waals surface area contributed by atoms with E-state index in [4.69, 9.17) is 10.5 Å². The van der Waals surface area contributed by atoms with E-state index in [1.54, 1.807) is 13.3 Å². The molecular weight excluding hydrogens is 268 g/mol. The van der Waals surface area contributed by atoms with Crippen LogP contribution in [0.5, 0.6) is 5.88 Å². The fraction of sp³-hybridized carbons (Fsp3) is 0.467. The Hall–Kier alpha value is -1.76. The molecule has 0 spiro atoms. The van der Waals surface area contributed by atoms with Crippen LogP contribution in [-0.4, -0.2) is 58.9 Å². The zero-order valence-electron chi connectivity index (χ0n) is 12.1. The van der Waals surface area contributed by atoms with Gasteiger partial charge in [-0.2, -0.15) is 0 Å². The first-order chi connectivity index (χ1) is 10.2. The number of β-amino-alcohol motifs (C(OH)–C–C–N with tert-alkyl or cyclic N) is 1. The number of hydrogen-bond acceptors (Lipinski definition) is 6. The van der Waals surface area contributed by atoms with E-state index >= 15 is 0 Å². The van der Waals surface area contributed by atoms with Crippen molar-refractivity contribution in [2.75, 3.05) is 26.7 Å². The molecule has 1 saturated heterocycles. The number of aliphatic hydroxyl groups is 1. The van der Waals surface area contributed by atoms with E-state index in [9.17, 15) is 5.11 Å². The zero-order valence-corrected chi connectivity index (χ0v) is 12.1. The highest BCUT2D eigenvalue weighted by molar-refractivity contribution is 5.78. The number of likely N-dealkylation sites (tertiary alicyclic amines) is 1. The van der Waals surface area contributed by atoms with Gasteiger partial charge in [-0.1, -0.05) is 0 Å². The molecule has 0 aromatic carbocycles. The molecule has 0 radical (unpaired) electrons. The third-order valence-electron chi connectivity index (χ3n) is 3.96. The largest absolute Gasteiger partial charge is 0.481 e. The Bertz CT molecular complexity index is 624. The van der Waals surface area contributed by atoms with Crippen molar-refractivity contribution in [2.45, 2.75) is 18.6 Å². The average Bonchev–Trinajstić information content (AvgIpc) is 2.83. The lowest BCUT2D eigenvalue weighted by atomic mass is 10.1. The summed E-state index contributed by atoms with van der Waals surface area (Å²) in [5.41, 5.74) is 8.71. The molecule has 0 aliphatic carbocycles. The van der Waals surface area contributed by atoms with Crippen molar-refractivity contribution < 1.29 is 9.84 Å². The smallest absolute Gasteiger partial charge is 0.213 e. The monoisotopic (exact) mass is 288 g/mol. The summed E-state index contributed by atoms with van der Waals surface area (Å²) in [7, 11) is 1.61. The summed E-state index contributed by atoms with van der Waals surface area (Å²) in [6.45, 7) is 2.23. The molecular formula is C15H20N4O2. The first-order valence-corrected chi connectivity index (χ1v) is 7.12. The van der Waals surface area contributed by atoms with Gasteiger partial charge < -0.3 is 15.6 Å². The Morgan fingerprint density at radius 1 is 1.38 bits per heavy atom. The number of nitrogens with two attached hydrogens (primary N) is 1. The third kappa shape index (κ3) is 2.97. The van der Waals surface area contributed by atoms with Crippen LogP contribution < -0.4 is 10.5 Å². The number of aromatic nitrogens is 2.